The lowest BCUT2D eigenvalue weighted by molar-refractivity contribution is -0.140. The van der Waals surface area contributed by atoms with Gasteiger partial charge in [-0.15, -0.1) is 0 Å². The van der Waals surface area contributed by atoms with Crippen molar-refractivity contribution in [3.05, 3.63) is 23.8 Å². The molecule has 2 aliphatic rings. The Morgan fingerprint density at radius 3 is 2.71 bits per heavy atom. The van der Waals surface area contributed by atoms with Gasteiger partial charge >= 0.3 is 5.97 Å². The SMILES string of the molecule is CC1(C)Cc2cccc(OCC(=O)NC3(CC(=O)O)CCC3)c2O1. The number of aliphatic carboxylic acids is 1. The highest BCUT2D eigenvalue weighted by atomic mass is 16.5. The number of amides is 1. The lowest BCUT2D eigenvalue weighted by Crippen LogP contribution is -2.55. The maximum Gasteiger partial charge on any atom is 0.305 e. The summed E-state index contributed by atoms with van der Waals surface area (Å²) in [6.45, 7) is 3.87. The summed E-state index contributed by atoms with van der Waals surface area (Å²) in [5.41, 5.74) is 0.185. The first-order valence-corrected chi connectivity index (χ1v) is 8.25. The maximum atomic E-state index is 12.2. The summed E-state index contributed by atoms with van der Waals surface area (Å²) >= 11 is 0. The first kappa shape index (κ1) is 16.6. The molecule has 0 aromatic heterocycles. The zero-order valence-electron chi connectivity index (χ0n) is 14.1. The van der Waals surface area contributed by atoms with Crippen molar-refractivity contribution in [2.45, 2.75) is 57.1 Å². The van der Waals surface area contributed by atoms with E-state index in [-0.39, 0.29) is 24.5 Å². The summed E-state index contributed by atoms with van der Waals surface area (Å²) in [4.78, 5) is 23.1. The first-order valence-electron chi connectivity index (χ1n) is 8.25. The van der Waals surface area contributed by atoms with Gasteiger partial charge < -0.3 is 19.9 Å². The molecule has 0 saturated heterocycles. The number of carbonyl (C=O) groups excluding carboxylic acids is 1. The minimum absolute atomic E-state index is 0.0449. The zero-order chi connectivity index (χ0) is 17.4. The molecule has 6 heteroatoms. The number of carbonyl (C=O) groups is 2. The molecule has 1 heterocycles. The van der Waals surface area contributed by atoms with Crippen LogP contribution in [0.25, 0.3) is 0 Å². The molecule has 1 aromatic rings. The van der Waals surface area contributed by atoms with Gasteiger partial charge in [-0.1, -0.05) is 12.1 Å². The molecule has 0 spiro atoms. The van der Waals surface area contributed by atoms with Crippen LogP contribution < -0.4 is 14.8 Å². The van der Waals surface area contributed by atoms with E-state index in [2.05, 4.69) is 5.32 Å². The predicted octanol–water partition coefficient (Wildman–Crippen LogP) is 2.29. The van der Waals surface area contributed by atoms with Crippen molar-refractivity contribution < 1.29 is 24.2 Å². The van der Waals surface area contributed by atoms with Crippen LogP contribution in [0.5, 0.6) is 11.5 Å². The second-order valence-electron chi connectivity index (χ2n) is 7.32. The Morgan fingerprint density at radius 1 is 1.33 bits per heavy atom. The van der Waals surface area contributed by atoms with Crippen molar-refractivity contribution in [1.82, 2.24) is 5.32 Å². The number of ether oxygens (including phenoxy) is 2. The maximum absolute atomic E-state index is 12.2. The molecule has 1 amide bonds. The highest BCUT2D eigenvalue weighted by molar-refractivity contribution is 5.80. The Hall–Kier alpha value is -2.24. The number of para-hydroxylation sites is 1. The van der Waals surface area contributed by atoms with Gasteiger partial charge in [0.1, 0.15) is 5.60 Å². The van der Waals surface area contributed by atoms with Crippen LogP contribution >= 0.6 is 0 Å². The molecular weight excluding hydrogens is 310 g/mol. The van der Waals surface area contributed by atoms with Crippen LogP contribution in [-0.2, 0) is 16.0 Å². The molecule has 1 aliphatic carbocycles. The second kappa shape index (κ2) is 6.00. The van der Waals surface area contributed by atoms with Gasteiger partial charge in [0, 0.05) is 12.0 Å². The fourth-order valence-corrected chi connectivity index (χ4v) is 3.42. The van der Waals surface area contributed by atoms with Crippen LogP contribution in [0.2, 0.25) is 0 Å². The molecule has 130 valence electrons. The lowest BCUT2D eigenvalue weighted by Gasteiger charge is -2.41. The van der Waals surface area contributed by atoms with Crippen molar-refractivity contribution in [2.24, 2.45) is 0 Å². The van der Waals surface area contributed by atoms with Crippen LogP contribution in [0, 0.1) is 0 Å². The Balaban J connectivity index is 1.60. The quantitative estimate of drug-likeness (QED) is 0.834. The average molecular weight is 333 g/mol. The monoisotopic (exact) mass is 333 g/mol. The number of rotatable bonds is 6. The van der Waals surface area contributed by atoms with Gasteiger partial charge in [0.2, 0.25) is 0 Å². The molecule has 1 fully saturated rings. The molecular formula is C18H23NO5. The lowest BCUT2D eigenvalue weighted by atomic mass is 9.74. The Kier molecular flexibility index (Phi) is 4.15. The summed E-state index contributed by atoms with van der Waals surface area (Å²) < 4.78 is 11.5. The van der Waals surface area contributed by atoms with E-state index in [1.807, 2.05) is 26.0 Å². The fourth-order valence-electron chi connectivity index (χ4n) is 3.42. The summed E-state index contributed by atoms with van der Waals surface area (Å²) in [6, 6.07) is 5.66. The van der Waals surface area contributed by atoms with Gasteiger partial charge in [-0.3, -0.25) is 9.59 Å². The van der Waals surface area contributed by atoms with Crippen molar-refractivity contribution in [2.75, 3.05) is 6.61 Å². The predicted molar refractivity (Wildman–Crippen MR) is 87.3 cm³/mol. The minimum atomic E-state index is -0.896. The summed E-state index contributed by atoms with van der Waals surface area (Å²) in [5.74, 6) is 0.0477. The molecule has 1 saturated carbocycles. The first-order chi connectivity index (χ1) is 11.3. The summed E-state index contributed by atoms with van der Waals surface area (Å²) in [7, 11) is 0. The molecule has 0 atom stereocenters. The number of carboxylic acids is 1. The number of nitrogens with one attached hydrogen (secondary N) is 1. The van der Waals surface area contributed by atoms with Crippen LogP contribution in [0.3, 0.4) is 0 Å². The molecule has 3 rings (SSSR count). The average Bonchev–Trinajstić information content (AvgIpc) is 2.76. The van der Waals surface area contributed by atoms with E-state index in [9.17, 15) is 9.59 Å². The van der Waals surface area contributed by atoms with Gasteiger partial charge in [-0.2, -0.15) is 0 Å². The van der Waals surface area contributed by atoms with Crippen LogP contribution in [-0.4, -0.2) is 34.7 Å². The largest absolute Gasteiger partial charge is 0.483 e. The summed E-state index contributed by atoms with van der Waals surface area (Å²) in [6.07, 6.45) is 3.08. The molecule has 1 aromatic carbocycles. The molecule has 0 radical (unpaired) electrons. The van der Waals surface area contributed by atoms with E-state index in [4.69, 9.17) is 14.6 Å². The van der Waals surface area contributed by atoms with Gasteiger partial charge in [0.25, 0.3) is 5.91 Å². The Morgan fingerprint density at radius 2 is 2.08 bits per heavy atom. The molecule has 0 bridgehead atoms. The van der Waals surface area contributed by atoms with Gasteiger partial charge in [-0.25, -0.2) is 0 Å². The number of hydrogen-bond acceptors (Lipinski definition) is 4. The molecule has 2 N–H and O–H groups in total. The molecule has 0 unspecified atom stereocenters. The van der Waals surface area contributed by atoms with Crippen LogP contribution in [0.1, 0.15) is 45.1 Å². The van der Waals surface area contributed by atoms with E-state index < -0.39 is 11.5 Å². The summed E-state index contributed by atoms with van der Waals surface area (Å²) in [5, 5.41) is 11.8. The van der Waals surface area contributed by atoms with E-state index in [0.29, 0.717) is 24.3 Å². The van der Waals surface area contributed by atoms with Crippen molar-refractivity contribution in [3.8, 4) is 11.5 Å². The van der Waals surface area contributed by atoms with Crippen molar-refractivity contribution in [1.29, 1.82) is 0 Å². The normalized spacial score (nSPS) is 19.6. The third kappa shape index (κ3) is 3.47. The number of fused-ring (bicyclic) bond motifs is 1. The van der Waals surface area contributed by atoms with E-state index >= 15 is 0 Å². The van der Waals surface area contributed by atoms with E-state index in [1.54, 1.807) is 6.07 Å². The van der Waals surface area contributed by atoms with E-state index in [1.165, 1.54) is 0 Å². The zero-order valence-corrected chi connectivity index (χ0v) is 14.1. The van der Waals surface area contributed by atoms with Crippen molar-refractivity contribution >= 4 is 11.9 Å². The number of carboxylic acid groups (broad SMARTS) is 1. The fraction of sp³-hybridized carbons (Fsp3) is 0.556. The molecule has 24 heavy (non-hydrogen) atoms. The van der Waals surface area contributed by atoms with Gasteiger partial charge in [0.15, 0.2) is 18.1 Å². The Bertz CT molecular complexity index is 663. The minimum Gasteiger partial charge on any atom is -0.483 e. The third-order valence-electron chi connectivity index (χ3n) is 4.62. The van der Waals surface area contributed by atoms with Crippen LogP contribution in [0.4, 0.5) is 0 Å². The van der Waals surface area contributed by atoms with Gasteiger partial charge in [-0.05, 0) is 39.2 Å². The van der Waals surface area contributed by atoms with E-state index in [0.717, 1.165) is 18.4 Å². The smallest absolute Gasteiger partial charge is 0.305 e. The topological polar surface area (TPSA) is 84.9 Å². The van der Waals surface area contributed by atoms with Crippen molar-refractivity contribution in [3.63, 3.8) is 0 Å². The molecule has 1 aliphatic heterocycles. The number of hydrogen-bond donors (Lipinski definition) is 2. The van der Waals surface area contributed by atoms with Gasteiger partial charge in [0.05, 0.1) is 12.0 Å². The second-order valence-corrected chi connectivity index (χ2v) is 7.32. The molecule has 6 nitrogen and oxygen atoms in total. The standard InChI is InChI=1S/C18H23NO5/c1-17(2)9-12-5-3-6-13(16(12)24-17)23-11-14(20)19-18(7-4-8-18)10-15(21)22/h3,5-6H,4,7-11H2,1-2H3,(H,19,20)(H,21,22). The Labute approximate surface area is 141 Å². The van der Waals surface area contributed by atoms with Crippen LogP contribution in [0.15, 0.2) is 18.2 Å². The highest BCUT2D eigenvalue weighted by Gasteiger charge is 2.40. The number of benzene rings is 1. The third-order valence-corrected chi connectivity index (χ3v) is 4.62. The highest BCUT2D eigenvalue weighted by Crippen LogP contribution is 2.41.